The summed E-state index contributed by atoms with van der Waals surface area (Å²) in [5.41, 5.74) is 8.43. The third-order valence-electron chi connectivity index (χ3n) is 9.09. The summed E-state index contributed by atoms with van der Waals surface area (Å²) in [7, 11) is 0. The Kier molecular flexibility index (Phi) is 9.24. The lowest BCUT2D eigenvalue weighted by Crippen LogP contribution is -2.28. The molecule has 1 atom stereocenters. The van der Waals surface area contributed by atoms with Gasteiger partial charge in [-0.15, -0.1) is 0 Å². The molecule has 2 N–H and O–H groups in total. The number of imidazole rings is 1. The van der Waals surface area contributed by atoms with Gasteiger partial charge >= 0.3 is 5.97 Å². The molecule has 0 bridgehead atoms. The van der Waals surface area contributed by atoms with Gasteiger partial charge in [0.1, 0.15) is 11.6 Å². The average Bonchev–Trinajstić information content (AvgIpc) is 3.95. The van der Waals surface area contributed by atoms with E-state index in [-0.39, 0.29) is 18.1 Å². The smallest absolute Gasteiger partial charge is 0.348 e. The van der Waals surface area contributed by atoms with Crippen molar-refractivity contribution in [3.8, 4) is 33.9 Å². The van der Waals surface area contributed by atoms with Crippen LogP contribution in [0.5, 0.6) is 0 Å². The van der Waals surface area contributed by atoms with Crippen LogP contribution < -0.4 is 9.80 Å². The summed E-state index contributed by atoms with van der Waals surface area (Å²) in [5.74, 6) is -0.849. The number of aliphatic carboxylic acids is 1. The Hall–Kier alpha value is -6.03. The molecule has 1 fully saturated rings. The molecule has 1 aromatic heterocycles. The molecule has 7 rings (SSSR count). The Bertz CT molecular complexity index is 2050. The Morgan fingerprint density at radius 1 is 0.900 bits per heavy atom. The SMILES string of the molecule is CCN(C(=O)C=Cc1ccc(-c2[nH]c(-c3ccc(N4CCCC4)cc3)nc2-c2ccc(C3=NOC(C(=O)O)C3)cc2)cc1)c1ccc(F)cc1. The number of hydrogen-bond donors (Lipinski definition) is 2. The second-order valence-electron chi connectivity index (χ2n) is 12.3. The summed E-state index contributed by atoms with van der Waals surface area (Å²) >= 11 is 0. The minimum absolute atomic E-state index is 0.198. The second-order valence-corrected chi connectivity index (χ2v) is 12.3. The topological polar surface area (TPSA) is 111 Å². The molecule has 0 saturated carbocycles. The molecule has 252 valence electrons. The van der Waals surface area contributed by atoms with E-state index in [1.54, 1.807) is 23.1 Å². The fourth-order valence-electron chi connectivity index (χ4n) is 6.34. The number of rotatable bonds is 10. The van der Waals surface area contributed by atoms with Crippen LogP contribution in [0.1, 0.15) is 37.3 Å². The Morgan fingerprint density at radius 2 is 1.54 bits per heavy atom. The zero-order chi connectivity index (χ0) is 34.6. The zero-order valence-electron chi connectivity index (χ0n) is 27.6. The van der Waals surface area contributed by atoms with Gasteiger partial charge < -0.3 is 24.7 Å². The molecular weight excluding hydrogens is 633 g/mol. The number of carboxylic acid groups (broad SMARTS) is 1. The summed E-state index contributed by atoms with van der Waals surface area (Å²) in [6.45, 7) is 4.47. The number of amides is 1. The lowest BCUT2D eigenvalue weighted by molar-refractivity contribution is -0.148. The van der Waals surface area contributed by atoms with Crippen molar-refractivity contribution in [2.75, 3.05) is 29.4 Å². The van der Waals surface area contributed by atoms with Crippen molar-refractivity contribution in [2.24, 2.45) is 5.16 Å². The zero-order valence-corrected chi connectivity index (χ0v) is 27.6. The molecule has 3 heterocycles. The number of aromatic nitrogens is 2. The summed E-state index contributed by atoms with van der Waals surface area (Å²) in [6, 6.07) is 29.9. The van der Waals surface area contributed by atoms with Crippen molar-refractivity contribution in [1.82, 2.24) is 9.97 Å². The normalized spacial score (nSPS) is 15.7. The minimum Gasteiger partial charge on any atom is -0.478 e. The molecule has 9 nitrogen and oxygen atoms in total. The van der Waals surface area contributed by atoms with Crippen molar-refractivity contribution in [1.29, 1.82) is 0 Å². The number of oxime groups is 1. The molecule has 1 amide bonds. The number of anilines is 2. The van der Waals surface area contributed by atoms with Gasteiger partial charge in [-0.2, -0.15) is 0 Å². The number of aromatic amines is 1. The van der Waals surface area contributed by atoms with Gasteiger partial charge in [0.2, 0.25) is 6.10 Å². The van der Waals surface area contributed by atoms with Crippen LogP contribution in [0.2, 0.25) is 0 Å². The van der Waals surface area contributed by atoms with Crippen LogP contribution >= 0.6 is 0 Å². The predicted octanol–water partition coefficient (Wildman–Crippen LogP) is 7.79. The first kappa shape index (κ1) is 32.5. The summed E-state index contributed by atoms with van der Waals surface area (Å²) < 4.78 is 13.4. The molecule has 2 aliphatic rings. The highest BCUT2D eigenvalue weighted by Gasteiger charge is 2.28. The number of carbonyl (C=O) groups is 2. The van der Waals surface area contributed by atoms with Gasteiger partial charge in [-0.1, -0.05) is 53.7 Å². The number of carbonyl (C=O) groups excluding carboxylic acids is 1. The maximum atomic E-state index is 13.4. The van der Waals surface area contributed by atoms with Crippen LogP contribution in [0.15, 0.2) is 108 Å². The van der Waals surface area contributed by atoms with Gasteiger partial charge in [0.25, 0.3) is 5.91 Å². The predicted molar refractivity (Wildman–Crippen MR) is 193 cm³/mol. The van der Waals surface area contributed by atoms with Crippen molar-refractivity contribution in [2.45, 2.75) is 32.3 Å². The molecular formula is C40H36FN5O4. The molecule has 0 radical (unpaired) electrons. The fourth-order valence-corrected chi connectivity index (χ4v) is 6.34. The maximum Gasteiger partial charge on any atom is 0.348 e. The van der Waals surface area contributed by atoms with E-state index in [4.69, 9.17) is 9.82 Å². The molecule has 1 saturated heterocycles. The third-order valence-corrected chi connectivity index (χ3v) is 9.09. The highest BCUT2D eigenvalue weighted by molar-refractivity contribution is 6.04. The number of nitrogens with one attached hydrogen (secondary N) is 1. The molecule has 2 aliphatic heterocycles. The van der Waals surface area contributed by atoms with Crippen molar-refractivity contribution < 1.29 is 23.9 Å². The van der Waals surface area contributed by atoms with E-state index in [9.17, 15) is 19.1 Å². The number of carboxylic acids is 1. The van der Waals surface area contributed by atoms with Crippen LogP contribution in [-0.2, 0) is 14.4 Å². The largest absolute Gasteiger partial charge is 0.478 e. The van der Waals surface area contributed by atoms with Crippen molar-refractivity contribution in [3.63, 3.8) is 0 Å². The maximum absolute atomic E-state index is 13.4. The van der Waals surface area contributed by atoms with Gasteiger partial charge in [0.15, 0.2) is 0 Å². The van der Waals surface area contributed by atoms with Crippen LogP contribution in [0.25, 0.3) is 40.0 Å². The van der Waals surface area contributed by atoms with Crippen LogP contribution in [-0.4, -0.2) is 58.4 Å². The molecule has 5 aromatic rings. The quantitative estimate of drug-likeness (QED) is 0.147. The Morgan fingerprint density at radius 3 is 2.18 bits per heavy atom. The first-order chi connectivity index (χ1) is 24.4. The van der Waals surface area contributed by atoms with Crippen LogP contribution in [0.3, 0.4) is 0 Å². The Labute approximate surface area is 289 Å². The number of H-pyrrole nitrogens is 1. The minimum atomic E-state index is -1.04. The van der Waals surface area contributed by atoms with Gasteiger partial charge in [0.05, 0.1) is 17.1 Å². The average molecular weight is 670 g/mol. The van der Waals surface area contributed by atoms with Crippen molar-refractivity contribution in [3.05, 3.63) is 120 Å². The first-order valence-corrected chi connectivity index (χ1v) is 16.7. The van der Waals surface area contributed by atoms with Crippen LogP contribution in [0, 0.1) is 5.82 Å². The third kappa shape index (κ3) is 6.91. The summed E-state index contributed by atoms with van der Waals surface area (Å²) in [5, 5.41) is 13.3. The van der Waals surface area contributed by atoms with Gasteiger partial charge in [0, 0.05) is 60.2 Å². The first-order valence-electron chi connectivity index (χ1n) is 16.7. The molecule has 10 heteroatoms. The number of hydrogen-bond acceptors (Lipinski definition) is 6. The number of nitrogens with zero attached hydrogens (tertiary/aromatic N) is 4. The standard InChI is InChI=1S/C40H36FN5O4/c1-2-46(33-20-16-31(41)17-21-33)36(47)22-7-26-5-8-28(9-6-26)37-38(29-12-10-27(11-13-29)34-25-35(40(48)49)50-44-34)43-39(42-37)30-14-18-32(19-15-30)45-23-3-4-24-45/h5-22,35H,2-4,23-25H2,1H3,(H,42,43)(H,48,49). The number of benzene rings is 4. The lowest BCUT2D eigenvalue weighted by atomic mass is 10.00. The molecule has 4 aromatic carbocycles. The van der Waals surface area contributed by atoms with Gasteiger partial charge in [-0.25, -0.2) is 14.2 Å². The molecule has 1 unspecified atom stereocenters. The number of likely N-dealkylation sites (N-methyl/N-ethyl adjacent to an activating group) is 1. The highest BCUT2D eigenvalue weighted by atomic mass is 19.1. The molecule has 0 spiro atoms. The fraction of sp³-hybridized carbons (Fsp3) is 0.200. The van der Waals surface area contributed by atoms with E-state index in [1.165, 1.54) is 36.7 Å². The van der Waals surface area contributed by atoms with Gasteiger partial charge in [-0.05, 0) is 85.5 Å². The van der Waals surface area contributed by atoms with E-state index in [2.05, 4.69) is 39.3 Å². The summed E-state index contributed by atoms with van der Waals surface area (Å²) in [4.78, 5) is 42.0. The Balaban J connectivity index is 1.16. The van der Waals surface area contributed by atoms with E-state index in [0.29, 0.717) is 17.9 Å². The molecule has 0 aliphatic carbocycles. The second kappa shape index (κ2) is 14.2. The lowest BCUT2D eigenvalue weighted by Gasteiger charge is -2.19. The monoisotopic (exact) mass is 669 g/mol. The molecule has 50 heavy (non-hydrogen) atoms. The number of halogens is 1. The van der Waals surface area contributed by atoms with E-state index < -0.39 is 12.1 Å². The van der Waals surface area contributed by atoms with E-state index in [1.807, 2.05) is 55.5 Å². The summed E-state index contributed by atoms with van der Waals surface area (Å²) in [6.07, 6.45) is 4.94. The van der Waals surface area contributed by atoms with Crippen molar-refractivity contribution >= 4 is 35.0 Å². The van der Waals surface area contributed by atoms with E-state index >= 15 is 0 Å². The van der Waals surface area contributed by atoms with Gasteiger partial charge in [-0.3, -0.25) is 4.79 Å². The van der Waals surface area contributed by atoms with E-state index in [0.717, 1.165) is 58.1 Å². The highest BCUT2D eigenvalue weighted by Crippen LogP contribution is 2.35. The van der Waals surface area contributed by atoms with Crippen LogP contribution in [0.4, 0.5) is 15.8 Å².